The molecule has 1 aromatic heterocycles. The van der Waals surface area contributed by atoms with Crippen molar-refractivity contribution in [2.45, 2.75) is 44.6 Å². The molecule has 0 bridgehead atoms. The Hall–Kier alpha value is -2.12. The van der Waals surface area contributed by atoms with Crippen LogP contribution in [-0.2, 0) is 16.4 Å². The smallest absolute Gasteiger partial charge is 0.251 e. The van der Waals surface area contributed by atoms with Crippen molar-refractivity contribution >= 4 is 15.9 Å². The summed E-state index contributed by atoms with van der Waals surface area (Å²) in [4.78, 5) is 12.5. The van der Waals surface area contributed by atoms with E-state index in [9.17, 15) is 13.2 Å². The summed E-state index contributed by atoms with van der Waals surface area (Å²) in [6.07, 6.45) is 3.13. The molecule has 0 aliphatic carbocycles. The maximum Gasteiger partial charge on any atom is 0.251 e. The Labute approximate surface area is 155 Å². The number of nitrogens with zero attached hydrogens (tertiary/aromatic N) is 1. The van der Waals surface area contributed by atoms with Crippen molar-refractivity contribution in [2.75, 3.05) is 13.1 Å². The van der Waals surface area contributed by atoms with Crippen LogP contribution in [0.5, 0.6) is 0 Å². The fourth-order valence-corrected chi connectivity index (χ4v) is 4.14. The Kier molecular flexibility index (Phi) is 6.99. The van der Waals surface area contributed by atoms with Crippen LogP contribution in [0.1, 0.15) is 43.3 Å². The number of nitrogens with one attached hydrogen (secondary N) is 1. The topological polar surface area (TPSA) is 79.6 Å². The van der Waals surface area contributed by atoms with Gasteiger partial charge in [-0.25, -0.2) is 8.42 Å². The van der Waals surface area contributed by atoms with Gasteiger partial charge in [0, 0.05) is 31.1 Å². The number of carbonyl (C=O) groups excluding carboxylic acids is 1. The summed E-state index contributed by atoms with van der Waals surface area (Å²) in [5, 5.41) is 2.92. The minimum absolute atomic E-state index is 0.0216. The van der Waals surface area contributed by atoms with Gasteiger partial charge >= 0.3 is 0 Å². The lowest BCUT2D eigenvalue weighted by atomic mass is 10.1. The average molecular weight is 378 g/mol. The SMILES string of the molecule is CCN(CC)S(=O)(=O)c1ccc(C(=O)N[C@@H](C)CCc2ccco2)cc1. The van der Waals surface area contributed by atoms with E-state index < -0.39 is 10.0 Å². The van der Waals surface area contributed by atoms with Crippen LogP contribution in [0.4, 0.5) is 0 Å². The zero-order valence-electron chi connectivity index (χ0n) is 15.4. The van der Waals surface area contributed by atoms with E-state index in [1.807, 2.05) is 19.1 Å². The molecule has 0 saturated heterocycles. The van der Waals surface area contributed by atoms with Gasteiger partial charge in [-0.2, -0.15) is 4.31 Å². The summed E-state index contributed by atoms with van der Waals surface area (Å²) in [5.41, 5.74) is 0.438. The molecule has 0 aliphatic rings. The fraction of sp³-hybridized carbons (Fsp3) is 0.421. The third-order valence-electron chi connectivity index (χ3n) is 4.24. The third kappa shape index (κ3) is 4.95. The van der Waals surface area contributed by atoms with Gasteiger partial charge in [0.05, 0.1) is 11.2 Å². The highest BCUT2D eigenvalue weighted by atomic mass is 32.2. The second kappa shape index (κ2) is 9.00. The number of rotatable bonds is 9. The summed E-state index contributed by atoms with van der Waals surface area (Å²) < 4.78 is 31.6. The monoisotopic (exact) mass is 378 g/mol. The van der Waals surface area contributed by atoms with Gasteiger partial charge in [-0.1, -0.05) is 13.8 Å². The quantitative estimate of drug-likeness (QED) is 0.727. The number of hydrogen-bond acceptors (Lipinski definition) is 4. The number of hydrogen-bond donors (Lipinski definition) is 1. The van der Waals surface area contributed by atoms with E-state index >= 15 is 0 Å². The standard InChI is InChI=1S/C19H26N2O4S/c1-4-21(5-2)26(23,24)18-12-9-16(10-13-18)19(22)20-15(3)8-11-17-7-6-14-25-17/h6-7,9-10,12-15H,4-5,8,11H2,1-3H3,(H,20,22)/t15-/m0/s1. The van der Waals surface area contributed by atoms with Crippen LogP contribution in [0.2, 0.25) is 0 Å². The highest BCUT2D eigenvalue weighted by Gasteiger charge is 2.21. The van der Waals surface area contributed by atoms with Crippen LogP contribution in [0.15, 0.2) is 52.0 Å². The molecule has 1 N–H and O–H groups in total. The molecular weight excluding hydrogens is 352 g/mol. The van der Waals surface area contributed by atoms with Crippen molar-refractivity contribution in [1.29, 1.82) is 0 Å². The Morgan fingerprint density at radius 1 is 1.15 bits per heavy atom. The number of amides is 1. The first-order chi connectivity index (χ1) is 12.4. The molecule has 26 heavy (non-hydrogen) atoms. The van der Waals surface area contributed by atoms with E-state index in [0.717, 1.165) is 18.6 Å². The third-order valence-corrected chi connectivity index (χ3v) is 6.31. The molecule has 1 aromatic carbocycles. The highest BCUT2D eigenvalue weighted by molar-refractivity contribution is 7.89. The van der Waals surface area contributed by atoms with E-state index in [2.05, 4.69) is 5.32 Å². The predicted molar refractivity (Wildman–Crippen MR) is 101 cm³/mol. The molecule has 1 atom stereocenters. The summed E-state index contributed by atoms with van der Waals surface area (Å²) in [6, 6.07) is 9.78. The fourth-order valence-electron chi connectivity index (χ4n) is 2.68. The minimum Gasteiger partial charge on any atom is -0.469 e. The van der Waals surface area contributed by atoms with Crippen molar-refractivity contribution < 1.29 is 17.6 Å². The second-order valence-electron chi connectivity index (χ2n) is 6.11. The van der Waals surface area contributed by atoms with Crippen molar-refractivity contribution in [1.82, 2.24) is 9.62 Å². The lowest BCUT2D eigenvalue weighted by molar-refractivity contribution is 0.0938. The maximum atomic E-state index is 12.5. The molecule has 7 heteroatoms. The summed E-state index contributed by atoms with van der Waals surface area (Å²) in [6.45, 7) is 6.35. The van der Waals surface area contributed by atoms with Crippen LogP contribution in [-0.4, -0.2) is 37.8 Å². The summed E-state index contributed by atoms with van der Waals surface area (Å²) in [5.74, 6) is 0.667. The first-order valence-electron chi connectivity index (χ1n) is 8.82. The van der Waals surface area contributed by atoms with E-state index in [-0.39, 0.29) is 16.8 Å². The Balaban J connectivity index is 1.97. The zero-order chi connectivity index (χ0) is 19.2. The van der Waals surface area contributed by atoms with Crippen LogP contribution < -0.4 is 5.32 Å². The summed E-state index contributed by atoms with van der Waals surface area (Å²) >= 11 is 0. The number of carbonyl (C=O) groups is 1. The number of furan rings is 1. The lowest BCUT2D eigenvalue weighted by Gasteiger charge is -2.18. The molecule has 142 valence electrons. The van der Waals surface area contributed by atoms with E-state index in [1.54, 1.807) is 32.2 Å². The van der Waals surface area contributed by atoms with Gasteiger partial charge in [0.15, 0.2) is 0 Å². The highest BCUT2D eigenvalue weighted by Crippen LogP contribution is 2.16. The Bertz CT molecular complexity index is 795. The molecule has 0 unspecified atom stereocenters. The Morgan fingerprint density at radius 2 is 1.81 bits per heavy atom. The molecule has 2 rings (SSSR count). The van der Waals surface area contributed by atoms with E-state index in [1.165, 1.54) is 16.4 Å². The van der Waals surface area contributed by atoms with Gasteiger partial charge in [-0.3, -0.25) is 4.79 Å². The maximum absolute atomic E-state index is 12.5. The molecule has 0 spiro atoms. The van der Waals surface area contributed by atoms with Crippen LogP contribution in [0.3, 0.4) is 0 Å². The molecule has 0 aliphatic heterocycles. The molecule has 6 nitrogen and oxygen atoms in total. The Morgan fingerprint density at radius 3 is 2.35 bits per heavy atom. The number of sulfonamides is 1. The molecule has 0 saturated carbocycles. The zero-order valence-corrected chi connectivity index (χ0v) is 16.3. The second-order valence-corrected chi connectivity index (χ2v) is 8.04. The van der Waals surface area contributed by atoms with Gasteiger partial charge in [0.25, 0.3) is 5.91 Å². The van der Waals surface area contributed by atoms with Gasteiger partial charge in [0.1, 0.15) is 5.76 Å². The molecule has 1 amide bonds. The van der Waals surface area contributed by atoms with Crippen LogP contribution in [0.25, 0.3) is 0 Å². The van der Waals surface area contributed by atoms with E-state index in [4.69, 9.17) is 4.42 Å². The lowest BCUT2D eigenvalue weighted by Crippen LogP contribution is -2.33. The van der Waals surface area contributed by atoms with Crippen LogP contribution in [0, 0.1) is 0 Å². The van der Waals surface area contributed by atoms with Gasteiger partial charge in [0.2, 0.25) is 10.0 Å². The number of benzene rings is 1. The first kappa shape index (κ1) is 20.2. The number of aryl methyl sites for hydroxylation is 1. The van der Waals surface area contributed by atoms with E-state index in [0.29, 0.717) is 18.7 Å². The van der Waals surface area contributed by atoms with Gasteiger partial charge in [-0.05, 0) is 49.7 Å². The summed E-state index contributed by atoms with van der Waals surface area (Å²) in [7, 11) is -3.51. The van der Waals surface area contributed by atoms with Crippen molar-refractivity contribution in [3.8, 4) is 0 Å². The normalized spacial score (nSPS) is 12.9. The van der Waals surface area contributed by atoms with Crippen LogP contribution >= 0.6 is 0 Å². The largest absolute Gasteiger partial charge is 0.469 e. The molecular formula is C19H26N2O4S. The van der Waals surface area contributed by atoms with Crippen molar-refractivity contribution in [3.05, 3.63) is 54.0 Å². The van der Waals surface area contributed by atoms with Crippen molar-refractivity contribution in [2.24, 2.45) is 0 Å². The van der Waals surface area contributed by atoms with Gasteiger partial charge < -0.3 is 9.73 Å². The average Bonchev–Trinajstić information content (AvgIpc) is 3.14. The molecule has 2 aromatic rings. The van der Waals surface area contributed by atoms with Crippen molar-refractivity contribution in [3.63, 3.8) is 0 Å². The molecule has 1 heterocycles. The van der Waals surface area contributed by atoms with Gasteiger partial charge in [-0.15, -0.1) is 0 Å². The molecule has 0 fully saturated rings. The predicted octanol–water partition coefficient (Wildman–Crippen LogP) is 3.06. The first-order valence-corrected chi connectivity index (χ1v) is 10.3. The molecule has 0 radical (unpaired) electrons. The minimum atomic E-state index is -3.51.